The minimum absolute atomic E-state index is 0.754. The van der Waals surface area contributed by atoms with Crippen LogP contribution in [0.2, 0.25) is 0 Å². The average Bonchev–Trinajstić information content (AvgIpc) is 3.14. The van der Waals surface area contributed by atoms with E-state index in [4.69, 9.17) is 0 Å². The van der Waals surface area contributed by atoms with Gasteiger partial charge in [-0.15, -0.1) is 0 Å². The Bertz CT molecular complexity index is 2350. The van der Waals surface area contributed by atoms with E-state index in [1.807, 2.05) is 0 Å². The van der Waals surface area contributed by atoms with Gasteiger partial charge in [0.1, 0.15) is 0 Å². The Balaban J connectivity index is 1.40. The van der Waals surface area contributed by atoms with Crippen LogP contribution in [0.1, 0.15) is 22.3 Å². The van der Waals surface area contributed by atoms with E-state index in [1.165, 1.54) is 86.8 Å². The molecular weight excluding hydrogens is 638 g/mol. The van der Waals surface area contributed by atoms with E-state index in [1.54, 1.807) is 0 Å². The second-order valence-corrected chi connectivity index (χ2v) is 17.8. The quantitative estimate of drug-likeness (QED) is 0.147. The summed E-state index contributed by atoms with van der Waals surface area (Å²) in [4.78, 5) is 0. The Morgan fingerprint density at radius 3 is 1.28 bits per heavy atom. The number of benzene rings is 8. The Morgan fingerprint density at radius 1 is 0.320 bits per heavy atom. The molecule has 0 saturated carbocycles. The molecule has 0 radical (unpaired) electrons. The fourth-order valence-corrected chi connectivity index (χ4v) is 11.7. The molecular formula is C48H40P2. The van der Waals surface area contributed by atoms with Gasteiger partial charge in [0.2, 0.25) is 0 Å². The molecule has 0 spiro atoms. The van der Waals surface area contributed by atoms with Crippen LogP contribution in [0.4, 0.5) is 0 Å². The molecule has 0 aliphatic heterocycles. The lowest BCUT2D eigenvalue weighted by atomic mass is 9.94. The van der Waals surface area contributed by atoms with E-state index >= 15 is 0 Å². The molecule has 0 amide bonds. The molecule has 0 saturated heterocycles. The lowest BCUT2D eigenvalue weighted by Gasteiger charge is -2.25. The van der Waals surface area contributed by atoms with E-state index in [0.717, 1.165) is 0 Å². The molecule has 0 heterocycles. The molecule has 0 N–H and O–H groups in total. The van der Waals surface area contributed by atoms with Gasteiger partial charge in [0.15, 0.2) is 0 Å². The molecule has 0 aliphatic carbocycles. The first-order valence-corrected chi connectivity index (χ1v) is 20.0. The summed E-state index contributed by atoms with van der Waals surface area (Å²) >= 11 is 0. The van der Waals surface area contributed by atoms with Gasteiger partial charge in [0.05, 0.1) is 0 Å². The van der Waals surface area contributed by atoms with Gasteiger partial charge in [-0.05, 0) is 114 Å². The molecule has 8 rings (SSSR count). The van der Waals surface area contributed by atoms with Crippen LogP contribution >= 0.6 is 15.8 Å². The summed E-state index contributed by atoms with van der Waals surface area (Å²) in [6.07, 6.45) is 0. The topological polar surface area (TPSA) is 0 Å². The number of rotatable bonds is 7. The minimum Gasteiger partial charge on any atom is -0.0616 e. The van der Waals surface area contributed by atoms with Crippen molar-refractivity contribution in [1.82, 2.24) is 0 Å². The molecule has 0 aliphatic rings. The Morgan fingerprint density at radius 2 is 0.740 bits per heavy atom. The number of fused-ring (bicyclic) bond motifs is 2. The highest BCUT2D eigenvalue weighted by molar-refractivity contribution is 7.80. The summed E-state index contributed by atoms with van der Waals surface area (Å²) < 4.78 is 0. The summed E-state index contributed by atoms with van der Waals surface area (Å²) in [6.45, 7) is 8.69. The van der Waals surface area contributed by atoms with Crippen molar-refractivity contribution < 1.29 is 0 Å². The molecule has 0 unspecified atom stereocenters. The Hall–Kier alpha value is -4.86. The van der Waals surface area contributed by atoms with Gasteiger partial charge in [-0.1, -0.05) is 186 Å². The molecule has 8 aromatic rings. The first-order valence-electron chi connectivity index (χ1n) is 17.3. The monoisotopic (exact) mass is 678 g/mol. The maximum absolute atomic E-state index is 2.50. The minimum atomic E-state index is -0.838. The molecule has 0 fully saturated rings. The molecule has 0 bridgehead atoms. The van der Waals surface area contributed by atoms with Gasteiger partial charge < -0.3 is 0 Å². The highest BCUT2D eigenvalue weighted by atomic mass is 31.1. The lowest BCUT2D eigenvalue weighted by Crippen LogP contribution is -2.23. The van der Waals surface area contributed by atoms with Crippen molar-refractivity contribution in [2.24, 2.45) is 0 Å². The normalized spacial score (nSPS) is 11.6. The van der Waals surface area contributed by atoms with Crippen LogP contribution in [-0.2, 0) is 0 Å². The van der Waals surface area contributed by atoms with Crippen LogP contribution in [-0.4, -0.2) is 0 Å². The molecule has 0 atom stereocenters. The highest BCUT2D eigenvalue weighted by Crippen LogP contribution is 2.43. The van der Waals surface area contributed by atoms with Crippen molar-refractivity contribution in [2.75, 3.05) is 0 Å². The third-order valence-electron chi connectivity index (χ3n) is 9.71. The predicted molar refractivity (Wildman–Crippen MR) is 223 cm³/mol. The smallest absolute Gasteiger partial charge is 0.00155 e. The second-order valence-electron chi connectivity index (χ2n) is 13.4. The van der Waals surface area contributed by atoms with Gasteiger partial charge in [-0.3, -0.25) is 0 Å². The van der Waals surface area contributed by atoms with E-state index < -0.39 is 15.8 Å². The maximum Gasteiger partial charge on any atom is -0.00155 e. The van der Waals surface area contributed by atoms with Crippen molar-refractivity contribution >= 4 is 69.2 Å². The standard InChI is InChI=1S/C48H40P2/c1-33-12-22-39(23-13-33)49(40-24-14-34(2)15-25-40)43-30-20-38-9-7-11-45(46(38)32-43)48-44-10-6-5-8-37(44)21-31-47(48)50(41-26-16-35(3)17-27-41)42-28-18-36(4)19-29-42/h5-32H,1-4H3. The zero-order valence-electron chi connectivity index (χ0n) is 29.1. The van der Waals surface area contributed by atoms with Crippen molar-refractivity contribution in [2.45, 2.75) is 27.7 Å². The largest absolute Gasteiger partial charge is 0.0616 e. The number of hydrogen-bond acceptors (Lipinski definition) is 0. The fourth-order valence-electron chi connectivity index (χ4n) is 7.00. The van der Waals surface area contributed by atoms with Crippen LogP contribution in [0.15, 0.2) is 170 Å². The molecule has 0 nitrogen and oxygen atoms in total. The zero-order chi connectivity index (χ0) is 34.2. The molecule has 0 aromatic heterocycles. The van der Waals surface area contributed by atoms with Crippen molar-refractivity contribution in [3.05, 3.63) is 192 Å². The SMILES string of the molecule is Cc1ccc(P(c2ccc(C)cc2)c2ccc3cccc(-c4c(P(c5ccc(C)cc5)c5ccc(C)cc5)ccc5ccccc45)c3c2)cc1. The van der Waals surface area contributed by atoms with Crippen molar-refractivity contribution in [3.63, 3.8) is 0 Å². The molecule has 8 aromatic carbocycles. The highest BCUT2D eigenvalue weighted by Gasteiger charge is 2.24. The Labute approximate surface area is 299 Å². The van der Waals surface area contributed by atoms with E-state index in [-0.39, 0.29) is 0 Å². The lowest BCUT2D eigenvalue weighted by molar-refractivity contribution is 1.49. The second kappa shape index (κ2) is 13.8. The van der Waals surface area contributed by atoms with Gasteiger partial charge in [-0.2, -0.15) is 0 Å². The van der Waals surface area contributed by atoms with Crippen LogP contribution in [0, 0.1) is 27.7 Å². The van der Waals surface area contributed by atoms with Crippen LogP contribution in [0.25, 0.3) is 32.7 Å². The third-order valence-corrected chi connectivity index (χ3v) is 14.6. The van der Waals surface area contributed by atoms with Gasteiger partial charge in [0.25, 0.3) is 0 Å². The van der Waals surface area contributed by atoms with Crippen LogP contribution < -0.4 is 31.8 Å². The number of hydrogen-bond donors (Lipinski definition) is 0. The molecule has 242 valence electrons. The summed E-state index contributed by atoms with van der Waals surface area (Å²) in [7, 11) is -1.59. The summed E-state index contributed by atoms with van der Waals surface area (Å²) in [5, 5.41) is 13.4. The maximum atomic E-state index is 2.50. The summed E-state index contributed by atoms with van der Waals surface area (Å²) in [5.74, 6) is 0. The van der Waals surface area contributed by atoms with E-state index in [2.05, 4.69) is 198 Å². The Kier molecular flexibility index (Phi) is 8.93. The van der Waals surface area contributed by atoms with Crippen molar-refractivity contribution in [1.29, 1.82) is 0 Å². The first kappa shape index (κ1) is 32.4. The fraction of sp³-hybridized carbons (Fsp3) is 0.0833. The number of aryl methyl sites for hydroxylation is 4. The summed E-state index contributed by atoms with van der Waals surface area (Å²) in [5.41, 5.74) is 7.78. The third kappa shape index (κ3) is 6.32. The van der Waals surface area contributed by atoms with E-state index in [9.17, 15) is 0 Å². The summed E-state index contributed by atoms with van der Waals surface area (Å²) in [6, 6.07) is 64.5. The average molecular weight is 679 g/mol. The first-order chi connectivity index (χ1) is 24.4. The van der Waals surface area contributed by atoms with E-state index in [0.29, 0.717) is 0 Å². The van der Waals surface area contributed by atoms with Gasteiger partial charge in [0, 0.05) is 0 Å². The molecule has 50 heavy (non-hydrogen) atoms. The zero-order valence-corrected chi connectivity index (χ0v) is 30.8. The van der Waals surface area contributed by atoms with Crippen molar-refractivity contribution in [3.8, 4) is 11.1 Å². The van der Waals surface area contributed by atoms with Gasteiger partial charge >= 0.3 is 0 Å². The molecule has 2 heteroatoms. The predicted octanol–water partition coefficient (Wildman–Crippen LogP) is 10.4. The van der Waals surface area contributed by atoms with Crippen LogP contribution in [0.3, 0.4) is 0 Å². The van der Waals surface area contributed by atoms with Gasteiger partial charge in [-0.25, -0.2) is 0 Å². The van der Waals surface area contributed by atoms with Crippen LogP contribution in [0.5, 0.6) is 0 Å².